The van der Waals surface area contributed by atoms with Crippen LogP contribution in [0.15, 0.2) is 41.3 Å². The highest BCUT2D eigenvalue weighted by Crippen LogP contribution is 2.19. The van der Waals surface area contributed by atoms with E-state index in [-0.39, 0.29) is 11.0 Å². The molecule has 0 saturated heterocycles. The van der Waals surface area contributed by atoms with Crippen molar-refractivity contribution >= 4 is 10.9 Å². The van der Waals surface area contributed by atoms with Crippen LogP contribution in [0.25, 0.3) is 10.9 Å². The van der Waals surface area contributed by atoms with Crippen LogP contribution in [0.3, 0.4) is 0 Å². The van der Waals surface area contributed by atoms with E-state index in [1.807, 2.05) is 30.5 Å². The van der Waals surface area contributed by atoms with E-state index < -0.39 is 0 Å². The summed E-state index contributed by atoms with van der Waals surface area (Å²) >= 11 is 0. The number of hydrogen-bond acceptors (Lipinski definition) is 2. The summed E-state index contributed by atoms with van der Waals surface area (Å²) in [6, 6.07) is 9.21. The molecule has 2 aromatic rings. The first-order valence-electron chi connectivity index (χ1n) is 5.37. The largest absolute Gasteiger partial charge is 0.340 e. The molecule has 0 unspecified atom stereocenters. The summed E-state index contributed by atoms with van der Waals surface area (Å²) in [7, 11) is 0. The van der Waals surface area contributed by atoms with Gasteiger partial charge in [0.1, 0.15) is 0 Å². The first-order valence-corrected chi connectivity index (χ1v) is 5.37. The second-order valence-corrected chi connectivity index (χ2v) is 4.58. The summed E-state index contributed by atoms with van der Waals surface area (Å²) in [6.45, 7) is 4.65. The highest BCUT2D eigenvalue weighted by molar-refractivity contribution is 5.78. The number of fused-ring (bicyclic) bond motifs is 1. The van der Waals surface area contributed by atoms with Crippen LogP contribution in [0.4, 0.5) is 0 Å². The van der Waals surface area contributed by atoms with E-state index in [9.17, 15) is 4.79 Å². The molecule has 0 spiro atoms. The summed E-state index contributed by atoms with van der Waals surface area (Å²) in [5.41, 5.74) is 6.57. The Morgan fingerprint density at radius 1 is 1.25 bits per heavy atom. The molecule has 2 N–H and O–H groups in total. The van der Waals surface area contributed by atoms with Crippen molar-refractivity contribution in [3.8, 4) is 0 Å². The molecule has 1 aromatic carbocycles. The van der Waals surface area contributed by atoms with Crippen molar-refractivity contribution in [3.63, 3.8) is 0 Å². The number of hydrogen-bond donors (Lipinski definition) is 1. The number of aromatic nitrogens is 1. The molecule has 0 atom stereocenters. The van der Waals surface area contributed by atoms with Crippen LogP contribution >= 0.6 is 0 Å². The van der Waals surface area contributed by atoms with Gasteiger partial charge in [-0.3, -0.25) is 4.79 Å². The maximum Gasteiger partial charge on any atom is 0.189 e. The lowest BCUT2D eigenvalue weighted by atomic mass is 10.0. The van der Waals surface area contributed by atoms with Gasteiger partial charge in [-0.25, -0.2) is 0 Å². The molecule has 3 heteroatoms. The molecule has 0 bridgehead atoms. The molecule has 1 aromatic heterocycles. The van der Waals surface area contributed by atoms with E-state index in [0.717, 1.165) is 10.9 Å². The molecule has 84 valence electrons. The first kappa shape index (κ1) is 10.9. The molecular weight excluding hydrogens is 200 g/mol. The molecule has 0 fully saturated rings. The number of benzene rings is 1. The Labute approximate surface area is 94.5 Å². The van der Waals surface area contributed by atoms with Crippen LogP contribution in [-0.2, 0) is 5.54 Å². The van der Waals surface area contributed by atoms with E-state index >= 15 is 0 Å². The van der Waals surface area contributed by atoms with Gasteiger partial charge < -0.3 is 10.3 Å². The zero-order valence-electron chi connectivity index (χ0n) is 9.60. The summed E-state index contributed by atoms with van der Waals surface area (Å²) in [4.78, 5) is 11.7. The van der Waals surface area contributed by atoms with Crippen molar-refractivity contribution < 1.29 is 0 Å². The van der Waals surface area contributed by atoms with Crippen molar-refractivity contribution in [1.82, 2.24) is 4.57 Å². The van der Waals surface area contributed by atoms with E-state index in [0.29, 0.717) is 6.54 Å². The molecule has 2 rings (SSSR count). The van der Waals surface area contributed by atoms with Crippen molar-refractivity contribution in [2.45, 2.75) is 19.4 Å². The quantitative estimate of drug-likeness (QED) is 0.830. The number of nitrogens with two attached hydrogens (primary N) is 1. The Balaban J connectivity index is 2.83. The molecular formula is C13H16N2O. The predicted molar refractivity (Wildman–Crippen MR) is 66.6 cm³/mol. The normalized spacial score (nSPS) is 11.9. The minimum absolute atomic E-state index is 0.0553. The van der Waals surface area contributed by atoms with Gasteiger partial charge in [-0.05, 0) is 26.0 Å². The topological polar surface area (TPSA) is 48.0 Å². The van der Waals surface area contributed by atoms with Gasteiger partial charge in [0.15, 0.2) is 5.43 Å². The van der Waals surface area contributed by atoms with E-state index in [2.05, 4.69) is 18.4 Å². The molecule has 0 aliphatic carbocycles. The summed E-state index contributed by atoms with van der Waals surface area (Å²) in [5.74, 6) is 0. The van der Waals surface area contributed by atoms with Gasteiger partial charge >= 0.3 is 0 Å². The second kappa shape index (κ2) is 3.76. The number of rotatable bonds is 2. The van der Waals surface area contributed by atoms with Crippen molar-refractivity contribution in [3.05, 3.63) is 46.8 Å². The molecule has 1 heterocycles. The van der Waals surface area contributed by atoms with Crippen LogP contribution in [0, 0.1) is 0 Å². The third kappa shape index (κ3) is 1.63. The maximum atomic E-state index is 11.7. The Morgan fingerprint density at radius 2 is 1.94 bits per heavy atom. The summed E-state index contributed by atoms with van der Waals surface area (Å²) < 4.78 is 2.06. The SMILES string of the molecule is CC(C)(CN)n1ccc(=O)c2ccccc21. The molecule has 0 saturated carbocycles. The van der Waals surface area contributed by atoms with Gasteiger partial charge in [0, 0.05) is 24.2 Å². The molecule has 0 aliphatic rings. The maximum absolute atomic E-state index is 11.7. The van der Waals surface area contributed by atoms with Gasteiger partial charge in [0.25, 0.3) is 0 Å². The average Bonchev–Trinajstić information content (AvgIpc) is 2.29. The Kier molecular flexibility index (Phi) is 2.56. The predicted octanol–water partition coefficient (Wildman–Crippen LogP) is 1.70. The Morgan fingerprint density at radius 3 is 2.62 bits per heavy atom. The van der Waals surface area contributed by atoms with E-state index in [4.69, 9.17) is 5.73 Å². The Bertz CT molecular complexity index is 569. The highest BCUT2D eigenvalue weighted by atomic mass is 16.1. The number of pyridine rings is 1. The van der Waals surface area contributed by atoms with Crippen molar-refractivity contribution in [1.29, 1.82) is 0 Å². The zero-order valence-corrected chi connectivity index (χ0v) is 9.60. The Hall–Kier alpha value is -1.61. The van der Waals surface area contributed by atoms with Crippen LogP contribution < -0.4 is 11.2 Å². The van der Waals surface area contributed by atoms with E-state index in [1.54, 1.807) is 6.07 Å². The van der Waals surface area contributed by atoms with Gasteiger partial charge in [0.05, 0.1) is 11.1 Å². The van der Waals surface area contributed by atoms with Gasteiger partial charge in [-0.15, -0.1) is 0 Å². The third-order valence-electron chi connectivity index (χ3n) is 2.96. The minimum atomic E-state index is -0.187. The van der Waals surface area contributed by atoms with Crippen LogP contribution in [0.2, 0.25) is 0 Å². The highest BCUT2D eigenvalue weighted by Gasteiger charge is 2.18. The lowest BCUT2D eigenvalue weighted by Crippen LogP contribution is -2.35. The van der Waals surface area contributed by atoms with Crippen molar-refractivity contribution in [2.24, 2.45) is 5.73 Å². The fraction of sp³-hybridized carbons (Fsp3) is 0.308. The molecule has 0 amide bonds. The van der Waals surface area contributed by atoms with Crippen LogP contribution in [0.1, 0.15) is 13.8 Å². The van der Waals surface area contributed by atoms with Crippen molar-refractivity contribution in [2.75, 3.05) is 6.54 Å². The first-order chi connectivity index (χ1) is 7.56. The smallest absolute Gasteiger partial charge is 0.189 e. The fourth-order valence-electron chi connectivity index (χ4n) is 1.83. The van der Waals surface area contributed by atoms with Crippen LogP contribution in [-0.4, -0.2) is 11.1 Å². The van der Waals surface area contributed by atoms with Gasteiger partial charge in [0.2, 0.25) is 0 Å². The van der Waals surface area contributed by atoms with E-state index in [1.165, 1.54) is 0 Å². The minimum Gasteiger partial charge on any atom is -0.340 e. The third-order valence-corrected chi connectivity index (χ3v) is 2.96. The average molecular weight is 216 g/mol. The molecule has 3 nitrogen and oxygen atoms in total. The monoisotopic (exact) mass is 216 g/mol. The number of para-hydroxylation sites is 1. The number of nitrogens with zero attached hydrogens (tertiary/aromatic N) is 1. The second-order valence-electron chi connectivity index (χ2n) is 4.58. The summed E-state index contributed by atoms with van der Waals surface area (Å²) in [6.07, 6.45) is 1.82. The molecule has 16 heavy (non-hydrogen) atoms. The molecule has 0 radical (unpaired) electrons. The standard InChI is InChI=1S/C13H16N2O/c1-13(2,9-14)15-8-7-12(16)10-5-3-4-6-11(10)15/h3-8H,9,14H2,1-2H3. The molecule has 0 aliphatic heterocycles. The lowest BCUT2D eigenvalue weighted by molar-refractivity contribution is 0.377. The zero-order chi connectivity index (χ0) is 11.8. The van der Waals surface area contributed by atoms with Crippen LogP contribution in [0.5, 0.6) is 0 Å². The lowest BCUT2D eigenvalue weighted by Gasteiger charge is -2.28. The summed E-state index contributed by atoms with van der Waals surface area (Å²) in [5, 5.41) is 0.742. The fourth-order valence-corrected chi connectivity index (χ4v) is 1.83. The van der Waals surface area contributed by atoms with Gasteiger partial charge in [-0.2, -0.15) is 0 Å². The van der Waals surface area contributed by atoms with Gasteiger partial charge in [-0.1, -0.05) is 12.1 Å².